The van der Waals surface area contributed by atoms with E-state index in [1.165, 1.54) is 17.8 Å². The number of hydrogen-bond acceptors (Lipinski definition) is 6. The summed E-state index contributed by atoms with van der Waals surface area (Å²) in [5.74, 6) is -0.460. The van der Waals surface area contributed by atoms with Crippen LogP contribution in [0.15, 0.2) is 60.8 Å². The zero-order chi connectivity index (χ0) is 24.9. The van der Waals surface area contributed by atoms with Crippen LogP contribution in [0, 0.1) is 6.92 Å². The number of ether oxygens (including phenoxy) is 1. The van der Waals surface area contributed by atoms with E-state index in [1.54, 1.807) is 31.2 Å². The first-order valence-electron chi connectivity index (χ1n) is 11.1. The summed E-state index contributed by atoms with van der Waals surface area (Å²) in [4.78, 5) is 41.4. The highest BCUT2D eigenvalue weighted by Gasteiger charge is 2.22. The van der Waals surface area contributed by atoms with E-state index < -0.39 is 5.97 Å². The van der Waals surface area contributed by atoms with Crippen LogP contribution in [0.5, 0.6) is 0 Å². The molecule has 0 saturated heterocycles. The second-order valence-electron chi connectivity index (χ2n) is 7.96. The number of pyridine rings is 1. The number of aryl methyl sites for hydroxylation is 1. The molecule has 2 aromatic carbocycles. The summed E-state index contributed by atoms with van der Waals surface area (Å²) in [6, 6.07) is 16.5. The van der Waals surface area contributed by atoms with E-state index in [9.17, 15) is 14.4 Å². The number of rotatable bonds is 7. The van der Waals surface area contributed by atoms with Crippen molar-refractivity contribution in [1.29, 1.82) is 0 Å². The molecular weight excluding hydrogens is 446 g/mol. The van der Waals surface area contributed by atoms with Gasteiger partial charge >= 0.3 is 5.97 Å². The highest BCUT2D eigenvalue weighted by molar-refractivity contribution is 6.01. The molecule has 0 unspecified atom stereocenters. The minimum atomic E-state index is -0.591. The van der Waals surface area contributed by atoms with E-state index in [2.05, 4.69) is 20.7 Å². The average molecular weight is 472 g/mol. The molecule has 0 spiro atoms. The Kier molecular flexibility index (Phi) is 6.86. The van der Waals surface area contributed by atoms with Gasteiger partial charge in [0.1, 0.15) is 5.56 Å². The van der Waals surface area contributed by atoms with Crippen LogP contribution < -0.4 is 10.6 Å². The van der Waals surface area contributed by atoms with Crippen molar-refractivity contribution in [3.8, 4) is 5.82 Å². The molecule has 2 N–H and O–H groups in total. The van der Waals surface area contributed by atoms with Crippen molar-refractivity contribution in [2.24, 2.45) is 0 Å². The Bertz CT molecular complexity index is 1410. The lowest BCUT2D eigenvalue weighted by atomic mass is 10.1. The number of aromatic nitrogens is 3. The molecule has 0 fully saturated rings. The quantitative estimate of drug-likeness (QED) is 0.393. The Morgan fingerprint density at radius 2 is 1.77 bits per heavy atom. The van der Waals surface area contributed by atoms with Gasteiger partial charge in [-0.3, -0.25) is 9.59 Å². The van der Waals surface area contributed by atoms with Crippen molar-refractivity contribution in [1.82, 2.24) is 14.8 Å². The molecule has 0 aliphatic carbocycles. The van der Waals surface area contributed by atoms with Gasteiger partial charge in [0, 0.05) is 18.0 Å². The largest absolute Gasteiger partial charge is 0.462 e. The van der Waals surface area contributed by atoms with E-state index in [0.29, 0.717) is 11.5 Å². The number of benzene rings is 2. The van der Waals surface area contributed by atoms with Crippen molar-refractivity contribution >= 4 is 40.2 Å². The number of amides is 2. The van der Waals surface area contributed by atoms with Crippen LogP contribution in [0.2, 0.25) is 0 Å². The molecule has 2 heterocycles. The molecule has 0 radical (unpaired) electrons. The molecule has 0 aliphatic rings. The van der Waals surface area contributed by atoms with Gasteiger partial charge in [-0.2, -0.15) is 9.78 Å². The molecule has 9 nitrogen and oxygen atoms in total. The van der Waals surface area contributed by atoms with Crippen LogP contribution in [0.1, 0.15) is 35.3 Å². The molecular formula is C26H25N5O4. The number of carbonyl (C=O) groups is 3. The summed E-state index contributed by atoms with van der Waals surface area (Å²) in [6.07, 6.45) is 1.42. The van der Waals surface area contributed by atoms with Crippen molar-refractivity contribution in [3.05, 3.63) is 77.5 Å². The minimum absolute atomic E-state index is 0.0535. The predicted octanol–water partition coefficient (Wildman–Crippen LogP) is 4.05. The van der Waals surface area contributed by atoms with Crippen LogP contribution in [0.4, 0.5) is 11.5 Å². The molecule has 0 aliphatic heterocycles. The van der Waals surface area contributed by atoms with E-state index in [-0.39, 0.29) is 36.2 Å². The van der Waals surface area contributed by atoms with Gasteiger partial charge in [0.05, 0.1) is 24.7 Å². The topological polar surface area (TPSA) is 115 Å². The summed E-state index contributed by atoms with van der Waals surface area (Å²) >= 11 is 0. The first-order valence-corrected chi connectivity index (χ1v) is 11.1. The Morgan fingerprint density at radius 3 is 2.49 bits per heavy atom. The Morgan fingerprint density at radius 1 is 1.03 bits per heavy atom. The van der Waals surface area contributed by atoms with E-state index >= 15 is 0 Å². The predicted molar refractivity (Wildman–Crippen MR) is 133 cm³/mol. The summed E-state index contributed by atoms with van der Waals surface area (Å²) in [5, 5.41) is 10.8. The summed E-state index contributed by atoms with van der Waals surface area (Å²) in [6.45, 7) is 5.29. The second-order valence-corrected chi connectivity index (χ2v) is 7.96. The molecule has 2 amide bonds. The number of anilines is 2. The number of nitrogens with one attached hydrogen (secondary N) is 2. The number of fused-ring (bicyclic) bond motifs is 1. The van der Waals surface area contributed by atoms with Crippen molar-refractivity contribution in [2.45, 2.75) is 27.2 Å². The standard InChI is InChI=1S/C26H25N5O4/c1-4-35-26(34)21-15-27-31(23-13-16(2)20-7-5-6-8-22(20)29-23)25(21)30-24(33)14-18-9-11-19(12-10-18)28-17(3)32/h5-13,15H,4,14H2,1-3H3,(H,28,32)(H,30,33). The van der Waals surface area contributed by atoms with Crippen molar-refractivity contribution < 1.29 is 19.1 Å². The Balaban J connectivity index is 1.65. The fourth-order valence-corrected chi connectivity index (χ4v) is 3.71. The lowest BCUT2D eigenvalue weighted by Gasteiger charge is -2.12. The maximum absolute atomic E-state index is 12.9. The lowest BCUT2D eigenvalue weighted by molar-refractivity contribution is -0.116. The lowest BCUT2D eigenvalue weighted by Crippen LogP contribution is -2.20. The maximum Gasteiger partial charge on any atom is 0.343 e. The smallest absolute Gasteiger partial charge is 0.343 e. The Labute approximate surface area is 202 Å². The summed E-state index contributed by atoms with van der Waals surface area (Å²) in [7, 11) is 0. The molecule has 4 aromatic rings. The highest BCUT2D eigenvalue weighted by atomic mass is 16.5. The number of carbonyl (C=O) groups excluding carboxylic acids is 3. The monoisotopic (exact) mass is 471 g/mol. The molecule has 0 atom stereocenters. The molecule has 178 valence electrons. The highest BCUT2D eigenvalue weighted by Crippen LogP contribution is 2.25. The van der Waals surface area contributed by atoms with Gasteiger partial charge < -0.3 is 15.4 Å². The molecule has 2 aromatic heterocycles. The van der Waals surface area contributed by atoms with Crippen LogP contribution >= 0.6 is 0 Å². The van der Waals surface area contributed by atoms with E-state index in [1.807, 2.05) is 37.3 Å². The first kappa shape index (κ1) is 23.6. The van der Waals surface area contributed by atoms with Crippen LogP contribution in [0.25, 0.3) is 16.7 Å². The van der Waals surface area contributed by atoms with Gasteiger partial charge in [-0.05, 0) is 49.2 Å². The van der Waals surface area contributed by atoms with Crippen LogP contribution in [-0.2, 0) is 20.7 Å². The number of esters is 1. The normalized spacial score (nSPS) is 10.7. The first-order chi connectivity index (χ1) is 16.9. The number of para-hydroxylation sites is 1. The van der Waals surface area contributed by atoms with E-state index in [4.69, 9.17) is 4.74 Å². The Hall–Kier alpha value is -4.53. The molecule has 0 bridgehead atoms. The minimum Gasteiger partial charge on any atom is -0.462 e. The number of nitrogens with zero attached hydrogens (tertiary/aromatic N) is 3. The van der Waals surface area contributed by atoms with Crippen LogP contribution in [0.3, 0.4) is 0 Å². The zero-order valence-corrected chi connectivity index (χ0v) is 19.7. The van der Waals surface area contributed by atoms with Crippen LogP contribution in [-0.4, -0.2) is 39.2 Å². The molecule has 4 rings (SSSR count). The van der Waals surface area contributed by atoms with Gasteiger partial charge in [0.15, 0.2) is 11.6 Å². The fourth-order valence-electron chi connectivity index (χ4n) is 3.71. The van der Waals surface area contributed by atoms with Crippen molar-refractivity contribution in [3.63, 3.8) is 0 Å². The third-order valence-corrected chi connectivity index (χ3v) is 5.29. The van der Waals surface area contributed by atoms with Gasteiger partial charge in [0.2, 0.25) is 11.8 Å². The third-order valence-electron chi connectivity index (χ3n) is 5.29. The van der Waals surface area contributed by atoms with Gasteiger partial charge in [-0.25, -0.2) is 9.78 Å². The summed E-state index contributed by atoms with van der Waals surface area (Å²) < 4.78 is 6.59. The maximum atomic E-state index is 12.9. The third kappa shape index (κ3) is 5.35. The van der Waals surface area contributed by atoms with Gasteiger partial charge in [0.25, 0.3) is 0 Å². The van der Waals surface area contributed by atoms with E-state index in [0.717, 1.165) is 22.0 Å². The second kappa shape index (κ2) is 10.2. The number of hydrogen-bond donors (Lipinski definition) is 2. The fraction of sp³-hybridized carbons (Fsp3) is 0.192. The van der Waals surface area contributed by atoms with Gasteiger partial charge in [-0.15, -0.1) is 0 Å². The molecule has 0 saturated carbocycles. The average Bonchev–Trinajstić information content (AvgIpc) is 3.23. The molecule has 35 heavy (non-hydrogen) atoms. The zero-order valence-electron chi connectivity index (χ0n) is 19.7. The summed E-state index contributed by atoms with van der Waals surface area (Å²) in [5.41, 5.74) is 3.26. The SMILES string of the molecule is CCOC(=O)c1cnn(-c2cc(C)c3ccccc3n2)c1NC(=O)Cc1ccc(NC(C)=O)cc1. The van der Waals surface area contributed by atoms with Crippen molar-refractivity contribution in [2.75, 3.05) is 17.2 Å². The van der Waals surface area contributed by atoms with Gasteiger partial charge in [-0.1, -0.05) is 30.3 Å². The molecule has 9 heteroatoms.